The van der Waals surface area contributed by atoms with Gasteiger partial charge in [-0.05, 0) is 49.0 Å². The van der Waals surface area contributed by atoms with E-state index in [9.17, 15) is 0 Å². The van der Waals surface area contributed by atoms with Crippen LogP contribution in [0, 0.1) is 23.2 Å². The molecule has 0 heterocycles. The molecule has 2 rings (SSSR count). The zero-order chi connectivity index (χ0) is 8.77. The van der Waals surface area contributed by atoms with E-state index in [1.165, 1.54) is 25.7 Å². The van der Waals surface area contributed by atoms with Gasteiger partial charge >= 0.3 is 0 Å². The molecular weight excluding hydrogens is 146 g/mol. The van der Waals surface area contributed by atoms with E-state index < -0.39 is 0 Å². The Morgan fingerprint density at radius 1 is 1.42 bits per heavy atom. The minimum atomic E-state index is 0.531. The predicted octanol–water partition coefficient (Wildman–Crippen LogP) is 2.41. The average Bonchev–Trinajstić information content (AvgIpc) is 2.62. The van der Waals surface area contributed by atoms with Gasteiger partial charge in [-0.3, -0.25) is 0 Å². The molecule has 1 nitrogen and oxygen atoms in total. The summed E-state index contributed by atoms with van der Waals surface area (Å²) in [7, 11) is 0. The van der Waals surface area contributed by atoms with Crippen LogP contribution in [0.5, 0.6) is 0 Å². The summed E-state index contributed by atoms with van der Waals surface area (Å²) in [5, 5.41) is 0. The van der Waals surface area contributed by atoms with Crippen molar-refractivity contribution in [2.24, 2.45) is 28.9 Å². The lowest BCUT2D eigenvalue weighted by Crippen LogP contribution is -2.40. The maximum absolute atomic E-state index is 5.96. The fraction of sp³-hybridized carbons (Fsp3) is 1.00. The molecule has 0 saturated heterocycles. The maximum atomic E-state index is 5.96. The molecule has 0 aromatic rings. The Hall–Kier alpha value is -0.0400. The van der Waals surface area contributed by atoms with Crippen molar-refractivity contribution in [3.63, 3.8) is 0 Å². The number of hydrogen-bond donors (Lipinski definition) is 1. The highest BCUT2D eigenvalue weighted by molar-refractivity contribution is 5.02. The van der Waals surface area contributed by atoms with Crippen molar-refractivity contribution in [1.29, 1.82) is 0 Å². The Labute approximate surface area is 75.7 Å². The largest absolute Gasteiger partial charge is 0.330 e. The van der Waals surface area contributed by atoms with Gasteiger partial charge in [-0.1, -0.05) is 20.3 Å². The first-order valence-corrected chi connectivity index (χ1v) is 5.39. The second kappa shape index (κ2) is 2.73. The molecule has 2 aliphatic carbocycles. The topological polar surface area (TPSA) is 26.0 Å². The Balaban J connectivity index is 2.19. The summed E-state index contributed by atoms with van der Waals surface area (Å²) in [5.41, 5.74) is 6.49. The Morgan fingerprint density at radius 3 is 2.42 bits per heavy atom. The highest BCUT2D eigenvalue weighted by atomic mass is 14.7. The molecule has 12 heavy (non-hydrogen) atoms. The molecule has 0 spiro atoms. The molecule has 2 N–H and O–H groups in total. The molecule has 0 aromatic carbocycles. The molecule has 70 valence electrons. The molecule has 2 bridgehead atoms. The van der Waals surface area contributed by atoms with Crippen molar-refractivity contribution < 1.29 is 0 Å². The molecule has 0 aromatic heterocycles. The molecular formula is C11H21N. The molecule has 2 fully saturated rings. The number of hydrogen-bond acceptors (Lipinski definition) is 1. The minimum absolute atomic E-state index is 0.531. The van der Waals surface area contributed by atoms with Gasteiger partial charge in [0.15, 0.2) is 0 Å². The Bertz CT molecular complexity index is 176. The molecule has 3 unspecified atom stereocenters. The fourth-order valence-electron chi connectivity index (χ4n) is 3.68. The van der Waals surface area contributed by atoms with E-state index >= 15 is 0 Å². The van der Waals surface area contributed by atoms with Crippen LogP contribution in [0.2, 0.25) is 0 Å². The van der Waals surface area contributed by atoms with E-state index in [4.69, 9.17) is 5.73 Å². The standard InChI is InChI=1S/C11H21N/c1-8(2)11(7-12)6-9-3-4-10(11)5-9/h8-10H,3-7,12H2,1-2H3. The van der Waals surface area contributed by atoms with Gasteiger partial charge in [-0.25, -0.2) is 0 Å². The quantitative estimate of drug-likeness (QED) is 0.671. The summed E-state index contributed by atoms with van der Waals surface area (Å²) in [6, 6.07) is 0. The highest BCUT2D eigenvalue weighted by Gasteiger charge is 2.51. The first-order chi connectivity index (χ1) is 5.69. The second-order valence-corrected chi connectivity index (χ2v) is 5.17. The van der Waals surface area contributed by atoms with Crippen LogP contribution < -0.4 is 5.73 Å². The predicted molar refractivity (Wildman–Crippen MR) is 51.8 cm³/mol. The monoisotopic (exact) mass is 167 g/mol. The summed E-state index contributed by atoms with van der Waals surface area (Å²) in [4.78, 5) is 0. The fourth-order valence-corrected chi connectivity index (χ4v) is 3.68. The first kappa shape index (κ1) is 8.55. The van der Waals surface area contributed by atoms with Crippen LogP contribution >= 0.6 is 0 Å². The third kappa shape index (κ3) is 0.953. The van der Waals surface area contributed by atoms with Crippen LogP contribution in [0.1, 0.15) is 39.5 Å². The van der Waals surface area contributed by atoms with Crippen LogP contribution in [0.4, 0.5) is 0 Å². The molecule has 0 amide bonds. The summed E-state index contributed by atoms with van der Waals surface area (Å²) in [6.45, 7) is 5.63. The molecule has 1 heteroatoms. The Kier molecular flexibility index (Phi) is 1.95. The van der Waals surface area contributed by atoms with Crippen LogP contribution in [0.3, 0.4) is 0 Å². The third-order valence-electron chi connectivity index (χ3n) is 4.55. The zero-order valence-electron chi connectivity index (χ0n) is 8.34. The van der Waals surface area contributed by atoms with Crippen molar-refractivity contribution >= 4 is 0 Å². The summed E-state index contributed by atoms with van der Waals surface area (Å²) in [5.74, 6) is 2.78. The smallest absolute Gasteiger partial charge is 0.00153 e. The second-order valence-electron chi connectivity index (χ2n) is 5.17. The Morgan fingerprint density at radius 2 is 2.17 bits per heavy atom. The van der Waals surface area contributed by atoms with Gasteiger partial charge in [0.1, 0.15) is 0 Å². The van der Waals surface area contributed by atoms with Gasteiger partial charge < -0.3 is 5.73 Å². The van der Waals surface area contributed by atoms with E-state index in [-0.39, 0.29) is 0 Å². The van der Waals surface area contributed by atoms with Crippen molar-refractivity contribution in [1.82, 2.24) is 0 Å². The zero-order valence-corrected chi connectivity index (χ0v) is 8.34. The van der Waals surface area contributed by atoms with E-state index in [0.717, 1.165) is 24.3 Å². The maximum Gasteiger partial charge on any atom is -0.00153 e. The third-order valence-corrected chi connectivity index (χ3v) is 4.55. The average molecular weight is 167 g/mol. The SMILES string of the molecule is CC(C)C1(CN)CC2CCC1C2. The van der Waals surface area contributed by atoms with Crippen LogP contribution in [0.15, 0.2) is 0 Å². The molecule has 3 atom stereocenters. The lowest BCUT2D eigenvalue weighted by molar-refractivity contribution is 0.105. The lowest BCUT2D eigenvalue weighted by atomic mass is 9.66. The van der Waals surface area contributed by atoms with Gasteiger partial charge in [-0.15, -0.1) is 0 Å². The molecule has 0 radical (unpaired) electrons. The minimum Gasteiger partial charge on any atom is -0.330 e. The molecule has 2 aliphatic rings. The highest BCUT2D eigenvalue weighted by Crippen LogP contribution is 2.58. The molecule has 0 aliphatic heterocycles. The van der Waals surface area contributed by atoms with Gasteiger partial charge in [0.25, 0.3) is 0 Å². The van der Waals surface area contributed by atoms with Crippen molar-refractivity contribution in [2.45, 2.75) is 39.5 Å². The summed E-state index contributed by atoms with van der Waals surface area (Å²) in [6.07, 6.45) is 5.85. The summed E-state index contributed by atoms with van der Waals surface area (Å²) < 4.78 is 0. The first-order valence-electron chi connectivity index (χ1n) is 5.39. The molecule has 2 saturated carbocycles. The van der Waals surface area contributed by atoms with Crippen LogP contribution in [-0.4, -0.2) is 6.54 Å². The number of nitrogens with two attached hydrogens (primary N) is 1. The summed E-state index contributed by atoms with van der Waals surface area (Å²) >= 11 is 0. The van der Waals surface area contributed by atoms with Gasteiger partial charge in [0.2, 0.25) is 0 Å². The van der Waals surface area contributed by atoms with Crippen molar-refractivity contribution in [3.8, 4) is 0 Å². The van der Waals surface area contributed by atoms with Gasteiger partial charge in [-0.2, -0.15) is 0 Å². The van der Waals surface area contributed by atoms with E-state index in [2.05, 4.69) is 13.8 Å². The van der Waals surface area contributed by atoms with E-state index in [1.54, 1.807) is 0 Å². The normalized spacial score (nSPS) is 46.0. The van der Waals surface area contributed by atoms with Crippen molar-refractivity contribution in [3.05, 3.63) is 0 Å². The van der Waals surface area contributed by atoms with Crippen molar-refractivity contribution in [2.75, 3.05) is 6.54 Å². The van der Waals surface area contributed by atoms with E-state index in [1.807, 2.05) is 0 Å². The van der Waals surface area contributed by atoms with Gasteiger partial charge in [0, 0.05) is 0 Å². The van der Waals surface area contributed by atoms with Crippen LogP contribution in [-0.2, 0) is 0 Å². The number of rotatable bonds is 2. The van der Waals surface area contributed by atoms with E-state index in [0.29, 0.717) is 5.41 Å². The lowest BCUT2D eigenvalue weighted by Gasteiger charge is -2.40. The number of fused-ring (bicyclic) bond motifs is 2. The van der Waals surface area contributed by atoms with Gasteiger partial charge in [0.05, 0.1) is 0 Å². The van der Waals surface area contributed by atoms with Crippen LogP contribution in [0.25, 0.3) is 0 Å².